The lowest BCUT2D eigenvalue weighted by atomic mass is 9.99. The van der Waals surface area contributed by atoms with Crippen LogP contribution < -0.4 is 0 Å². The van der Waals surface area contributed by atoms with Gasteiger partial charge in [-0.25, -0.2) is 0 Å². The van der Waals surface area contributed by atoms with Crippen LogP contribution in [-0.2, 0) is 23.7 Å². The van der Waals surface area contributed by atoms with Gasteiger partial charge >= 0.3 is 5.97 Å². The van der Waals surface area contributed by atoms with Crippen molar-refractivity contribution in [1.29, 1.82) is 0 Å². The van der Waals surface area contributed by atoms with Gasteiger partial charge in [0.2, 0.25) is 0 Å². The summed E-state index contributed by atoms with van der Waals surface area (Å²) in [5.74, 6) is -0.314. The topological polar surface area (TPSA) is 135 Å². The summed E-state index contributed by atoms with van der Waals surface area (Å²) in [4.78, 5) is 12.8. The van der Waals surface area contributed by atoms with Crippen LogP contribution in [0.4, 0.5) is 0 Å². The van der Waals surface area contributed by atoms with Crippen molar-refractivity contribution in [3.8, 4) is 0 Å². The lowest BCUT2D eigenvalue weighted by molar-refractivity contribution is -0.305. The molecule has 6 atom stereocenters. The van der Waals surface area contributed by atoms with Crippen LogP contribution in [0.2, 0.25) is 0 Å². The maximum absolute atomic E-state index is 12.8. The highest BCUT2D eigenvalue weighted by atomic mass is 16.7. The van der Waals surface area contributed by atoms with Gasteiger partial charge in [-0.15, -0.1) is 0 Å². The number of hydrogen-bond acceptors (Lipinski definition) is 9. The van der Waals surface area contributed by atoms with Gasteiger partial charge < -0.3 is 39.4 Å². The van der Waals surface area contributed by atoms with E-state index in [2.05, 4.69) is 50.3 Å². The molecule has 0 spiro atoms. The van der Waals surface area contributed by atoms with Crippen LogP contribution in [0.3, 0.4) is 0 Å². The summed E-state index contributed by atoms with van der Waals surface area (Å²) in [6.45, 7) is 4.55. The minimum atomic E-state index is -1.54. The van der Waals surface area contributed by atoms with Crippen molar-refractivity contribution in [1.82, 2.24) is 0 Å². The molecule has 6 unspecified atom stereocenters. The zero-order chi connectivity index (χ0) is 43.6. The summed E-state index contributed by atoms with van der Waals surface area (Å²) in [5, 5.41) is 40.2. The van der Waals surface area contributed by atoms with Gasteiger partial charge in [0.25, 0.3) is 0 Å². The Morgan fingerprint density at radius 1 is 0.533 bits per heavy atom. The number of rotatable bonds is 43. The van der Waals surface area contributed by atoms with Crippen LogP contribution in [-0.4, -0.2) is 89.6 Å². The van der Waals surface area contributed by atoms with Crippen molar-refractivity contribution in [3.63, 3.8) is 0 Å². The van der Waals surface area contributed by atoms with Crippen LogP contribution in [0.15, 0.2) is 36.5 Å². The number of carbonyl (C=O) groups excluding carboxylic acids is 1. The molecular weight excluding hydrogens is 757 g/mol. The third-order valence-corrected chi connectivity index (χ3v) is 11.6. The molecule has 0 aromatic carbocycles. The quantitative estimate of drug-likeness (QED) is 0.0269. The van der Waals surface area contributed by atoms with E-state index in [0.717, 1.165) is 44.9 Å². The first-order valence-electron chi connectivity index (χ1n) is 25.1. The Labute approximate surface area is 368 Å². The summed E-state index contributed by atoms with van der Waals surface area (Å²) in [6.07, 6.45) is 44.6. The molecule has 0 radical (unpaired) electrons. The number of aliphatic hydroxyl groups excluding tert-OH is 4. The molecule has 0 amide bonds. The first kappa shape index (κ1) is 56.4. The molecule has 1 heterocycles. The number of allylic oxidation sites excluding steroid dienone is 6. The molecule has 0 bridgehead atoms. The zero-order valence-corrected chi connectivity index (χ0v) is 38.7. The first-order chi connectivity index (χ1) is 29.4. The summed E-state index contributed by atoms with van der Waals surface area (Å²) in [7, 11) is 0. The van der Waals surface area contributed by atoms with Crippen LogP contribution in [0.25, 0.3) is 0 Å². The maximum atomic E-state index is 12.8. The number of ether oxygens (including phenoxy) is 4. The molecule has 0 aliphatic carbocycles. The SMILES string of the molecule is CCCCCCC/C=C\C/C=C\C/C=C\CCCCCCCCCCCOCC(COC1OC(CO)C(O)C(O)C1O)OC(=O)CCCCCCCCCCCCCCC. The number of esters is 1. The molecule has 1 fully saturated rings. The minimum Gasteiger partial charge on any atom is -0.457 e. The molecule has 60 heavy (non-hydrogen) atoms. The highest BCUT2D eigenvalue weighted by Gasteiger charge is 2.44. The van der Waals surface area contributed by atoms with Gasteiger partial charge in [-0.3, -0.25) is 4.79 Å². The fourth-order valence-electron chi connectivity index (χ4n) is 7.62. The van der Waals surface area contributed by atoms with E-state index in [-0.39, 0.29) is 19.2 Å². The fourth-order valence-corrected chi connectivity index (χ4v) is 7.62. The lowest BCUT2D eigenvalue weighted by Crippen LogP contribution is -2.59. The Bertz CT molecular complexity index is 1010. The second-order valence-electron chi connectivity index (χ2n) is 17.3. The third kappa shape index (κ3) is 33.0. The number of carbonyl (C=O) groups is 1. The van der Waals surface area contributed by atoms with Crippen molar-refractivity contribution in [2.45, 2.75) is 256 Å². The van der Waals surface area contributed by atoms with E-state index < -0.39 is 43.4 Å². The maximum Gasteiger partial charge on any atom is 0.306 e. The number of aliphatic hydroxyl groups is 4. The van der Waals surface area contributed by atoms with Gasteiger partial charge in [-0.2, -0.15) is 0 Å². The van der Waals surface area contributed by atoms with Crippen molar-refractivity contribution in [3.05, 3.63) is 36.5 Å². The first-order valence-corrected chi connectivity index (χ1v) is 25.1. The molecule has 1 saturated heterocycles. The van der Waals surface area contributed by atoms with E-state index in [1.165, 1.54) is 154 Å². The predicted octanol–water partition coefficient (Wildman–Crippen LogP) is 11.9. The van der Waals surface area contributed by atoms with E-state index >= 15 is 0 Å². The standard InChI is InChI=1S/C51H94O9/c1-3-5-7-9-11-13-15-17-18-19-20-21-22-23-24-25-26-27-29-31-33-35-37-39-41-57-43-45(44-58-51-50(56)49(55)48(54)46(42-52)60-51)59-47(53)40-38-36-34-32-30-28-16-14-12-10-8-6-4-2/h15,17,19-20,22-23,45-46,48-52,54-56H,3-14,16,18,21,24-44H2,1-2H3/b17-15-,20-19-,23-22-. The molecule has 352 valence electrons. The smallest absolute Gasteiger partial charge is 0.306 e. The zero-order valence-electron chi connectivity index (χ0n) is 38.7. The van der Waals surface area contributed by atoms with E-state index in [4.69, 9.17) is 18.9 Å². The minimum absolute atomic E-state index is 0.113. The van der Waals surface area contributed by atoms with Gasteiger partial charge in [-0.1, -0.05) is 198 Å². The monoisotopic (exact) mass is 851 g/mol. The molecular formula is C51H94O9. The summed E-state index contributed by atoms with van der Waals surface area (Å²) < 4.78 is 22.9. The second kappa shape index (κ2) is 42.7. The Kier molecular flexibility index (Phi) is 40.2. The molecule has 4 N–H and O–H groups in total. The Morgan fingerprint density at radius 3 is 1.45 bits per heavy atom. The van der Waals surface area contributed by atoms with E-state index in [9.17, 15) is 25.2 Å². The molecule has 9 heteroatoms. The van der Waals surface area contributed by atoms with Crippen molar-refractivity contribution < 1.29 is 44.2 Å². The molecule has 1 aliphatic heterocycles. The van der Waals surface area contributed by atoms with E-state index in [1.807, 2.05) is 0 Å². The highest BCUT2D eigenvalue weighted by Crippen LogP contribution is 2.23. The van der Waals surface area contributed by atoms with E-state index in [1.54, 1.807) is 0 Å². The fraction of sp³-hybridized carbons (Fsp3) is 0.863. The van der Waals surface area contributed by atoms with E-state index in [0.29, 0.717) is 13.0 Å². The molecule has 9 nitrogen and oxygen atoms in total. The van der Waals surface area contributed by atoms with Gasteiger partial charge in [0, 0.05) is 13.0 Å². The van der Waals surface area contributed by atoms with Crippen molar-refractivity contribution >= 4 is 5.97 Å². The Hall–Kier alpha value is -1.59. The number of hydrogen-bond donors (Lipinski definition) is 4. The Balaban J connectivity index is 2.19. The van der Waals surface area contributed by atoms with Crippen molar-refractivity contribution in [2.24, 2.45) is 0 Å². The number of unbranched alkanes of at least 4 members (excludes halogenated alkanes) is 26. The molecule has 0 aromatic heterocycles. The predicted molar refractivity (Wildman–Crippen MR) is 247 cm³/mol. The normalized spacial score (nSPS) is 20.3. The highest BCUT2D eigenvalue weighted by molar-refractivity contribution is 5.69. The van der Waals surface area contributed by atoms with Gasteiger partial charge in [0.1, 0.15) is 30.5 Å². The average Bonchev–Trinajstić information content (AvgIpc) is 3.25. The Morgan fingerprint density at radius 2 is 0.967 bits per heavy atom. The summed E-state index contributed by atoms with van der Waals surface area (Å²) in [5.41, 5.74) is 0. The molecule has 1 rings (SSSR count). The van der Waals surface area contributed by atoms with Gasteiger partial charge in [-0.05, 0) is 51.4 Å². The third-order valence-electron chi connectivity index (χ3n) is 11.6. The largest absolute Gasteiger partial charge is 0.457 e. The second-order valence-corrected chi connectivity index (χ2v) is 17.3. The van der Waals surface area contributed by atoms with Crippen molar-refractivity contribution in [2.75, 3.05) is 26.4 Å². The molecule has 0 saturated carbocycles. The van der Waals surface area contributed by atoms with Crippen LogP contribution in [0, 0.1) is 0 Å². The van der Waals surface area contributed by atoms with Crippen LogP contribution in [0.5, 0.6) is 0 Å². The van der Waals surface area contributed by atoms with Crippen LogP contribution in [0.1, 0.15) is 219 Å². The lowest BCUT2D eigenvalue weighted by Gasteiger charge is -2.39. The average molecular weight is 851 g/mol. The summed E-state index contributed by atoms with van der Waals surface area (Å²) in [6, 6.07) is 0. The van der Waals surface area contributed by atoms with Gasteiger partial charge in [0.15, 0.2) is 6.29 Å². The van der Waals surface area contributed by atoms with Gasteiger partial charge in [0.05, 0.1) is 19.8 Å². The molecule has 1 aliphatic rings. The molecule has 0 aromatic rings. The summed E-state index contributed by atoms with van der Waals surface area (Å²) >= 11 is 0. The van der Waals surface area contributed by atoms with Crippen LogP contribution >= 0.6 is 0 Å².